The Balaban J connectivity index is 2.22. The van der Waals surface area contributed by atoms with Crippen LogP contribution in [0.25, 0.3) is 0 Å². The van der Waals surface area contributed by atoms with Crippen LogP contribution in [0.3, 0.4) is 0 Å². The van der Waals surface area contributed by atoms with Crippen molar-refractivity contribution >= 4 is 44.8 Å². The first kappa shape index (κ1) is 14.6. The van der Waals surface area contributed by atoms with Gasteiger partial charge >= 0.3 is 0 Å². The van der Waals surface area contributed by atoms with Gasteiger partial charge in [0.1, 0.15) is 5.82 Å². The minimum atomic E-state index is -0.281. The lowest BCUT2D eigenvalue weighted by Crippen LogP contribution is -2.07. The molecular weight excluding hydrogens is 352 g/mol. The second kappa shape index (κ2) is 6.12. The van der Waals surface area contributed by atoms with E-state index >= 15 is 0 Å². The smallest absolute Gasteiger partial charge is 0.137 e. The molecule has 0 saturated carbocycles. The monoisotopic (exact) mass is 361 g/mol. The summed E-state index contributed by atoms with van der Waals surface area (Å²) in [6, 6.07) is 10.1. The Labute approximate surface area is 129 Å². The van der Waals surface area contributed by atoms with Crippen molar-refractivity contribution < 1.29 is 4.39 Å². The largest absolute Gasteiger partial charge is 0.377 e. The molecule has 0 fully saturated rings. The van der Waals surface area contributed by atoms with Crippen LogP contribution < -0.4 is 5.32 Å². The van der Waals surface area contributed by atoms with Crippen molar-refractivity contribution in [3.8, 4) is 0 Å². The summed E-state index contributed by atoms with van der Waals surface area (Å²) in [5.41, 5.74) is 1.70. The lowest BCUT2D eigenvalue weighted by molar-refractivity contribution is 0.619. The first-order valence-electron chi connectivity index (χ1n) is 5.64. The number of anilines is 1. The molecule has 1 atom stereocenters. The zero-order chi connectivity index (χ0) is 14.0. The van der Waals surface area contributed by atoms with E-state index < -0.39 is 0 Å². The highest BCUT2D eigenvalue weighted by Gasteiger charge is 2.10. The Kier molecular flexibility index (Phi) is 4.71. The van der Waals surface area contributed by atoms with Crippen molar-refractivity contribution in [2.45, 2.75) is 13.0 Å². The topological polar surface area (TPSA) is 12.0 Å². The summed E-state index contributed by atoms with van der Waals surface area (Å²) in [6.45, 7) is 1.97. The average Bonchev–Trinajstić information content (AvgIpc) is 2.37. The third kappa shape index (κ3) is 3.62. The van der Waals surface area contributed by atoms with Crippen LogP contribution in [0.5, 0.6) is 0 Å². The van der Waals surface area contributed by atoms with E-state index in [1.54, 1.807) is 30.3 Å². The molecule has 19 heavy (non-hydrogen) atoms. The molecule has 0 radical (unpaired) electrons. The molecule has 0 spiro atoms. The minimum Gasteiger partial charge on any atom is -0.377 e. The second-order valence-corrected chi connectivity index (χ2v) is 5.86. The highest BCUT2D eigenvalue weighted by molar-refractivity contribution is 9.10. The summed E-state index contributed by atoms with van der Waals surface area (Å²) >= 11 is 15.2. The zero-order valence-corrected chi connectivity index (χ0v) is 13.2. The zero-order valence-electron chi connectivity index (χ0n) is 10.1. The van der Waals surface area contributed by atoms with Crippen molar-refractivity contribution in [2.75, 3.05) is 5.32 Å². The average molecular weight is 363 g/mol. The molecule has 1 nitrogen and oxygen atoms in total. The maximum atomic E-state index is 13.2. The number of halogens is 4. The Bertz CT molecular complexity index is 604. The summed E-state index contributed by atoms with van der Waals surface area (Å²) in [4.78, 5) is 0. The fourth-order valence-corrected chi connectivity index (χ4v) is 2.45. The van der Waals surface area contributed by atoms with Gasteiger partial charge in [-0.25, -0.2) is 4.39 Å². The third-order valence-corrected chi connectivity index (χ3v) is 3.92. The molecule has 0 amide bonds. The van der Waals surface area contributed by atoms with Crippen LogP contribution >= 0.6 is 39.1 Å². The Morgan fingerprint density at radius 2 is 1.89 bits per heavy atom. The molecule has 2 aromatic carbocycles. The Morgan fingerprint density at radius 1 is 1.16 bits per heavy atom. The number of rotatable bonds is 3. The molecule has 1 N–H and O–H groups in total. The SMILES string of the molecule is CC(Nc1cc(Cl)ccc1Cl)c1ccc(F)c(Br)c1. The molecule has 0 aliphatic carbocycles. The number of hydrogen-bond donors (Lipinski definition) is 1. The summed E-state index contributed by atoms with van der Waals surface area (Å²) in [5.74, 6) is -0.281. The van der Waals surface area contributed by atoms with E-state index in [1.807, 2.05) is 6.92 Å². The van der Waals surface area contributed by atoms with E-state index in [2.05, 4.69) is 21.2 Å². The first-order valence-corrected chi connectivity index (χ1v) is 7.19. The summed E-state index contributed by atoms with van der Waals surface area (Å²) in [7, 11) is 0. The number of nitrogens with one attached hydrogen (secondary N) is 1. The maximum Gasteiger partial charge on any atom is 0.137 e. The summed E-state index contributed by atoms with van der Waals surface area (Å²) < 4.78 is 13.6. The van der Waals surface area contributed by atoms with Gasteiger partial charge < -0.3 is 5.32 Å². The van der Waals surface area contributed by atoms with Crippen LogP contribution in [-0.4, -0.2) is 0 Å². The quantitative estimate of drug-likeness (QED) is 0.698. The van der Waals surface area contributed by atoms with E-state index in [1.165, 1.54) is 6.07 Å². The summed E-state index contributed by atoms with van der Waals surface area (Å²) in [5, 5.41) is 4.46. The van der Waals surface area contributed by atoms with Gasteiger partial charge in [-0.3, -0.25) is 0 Å². The van der Waals surface area contributed by atoms with Gasteiger partial charge in [-0.15, -0.1) is 0 Å². The van der Waals surface area contributed by atoms with Gasteiger partial charge in [0.2, 0.25) is 0 Å². The van der Waals surface area contributed by atoms with E-state index in [-0.39, 0.29) is 11.9 Å². The molecule has 0 aromatic heterocycles. The first-order chi connectivity index (χ1) is 8.97. The summed E-state index contributed by atoms with van der Waals surface area (Å²) in [6.07, 6.45) is 0. The molecule has 2 aromatic rings. The van der Waals surface area contributed by atoms with Crippen molar-refractivity contribution in [3.05, 3.63) is 62.3 Å². The highest BCUT2D eigenvalue weighted by atomic mass is 79.9. The molecule has 0 aliphatic rings. The molecule has 0 saturated heterocycles. The van der Waals surface area contributed by atoms with Gasteiger partial charge in [0.25, 0.3) is 0 Å². The van der Waals surface area contributed by atoms with Crippen LogP contribution in [0.1, 0.15) is 18.5 Å². The molecular formula is C14H11BrCl2FN. The van der Waals surface area contributed by atoms with Crippen molar-refractivity contribution in [3.63, 3.8) is 0 Å². The minimum absolute atomic E-state index is 0.0205. The molecule has 0 heterocycles. The Morgan fingerprint density at radius 3 is 2.58 bits per heavy atom. The fourth-order valence-electron chi connectivity index (χ4n) is 1.71. The third-order valence-electron chi connectivity index (χ3n) is 2.74. The fraction of sp³-hybridized carbons (Fsp3) is 0.143. The van der Waals surface area contributed by atoms with Crippen LogP contribution in [0.2, 0.25) is 10.0 Å². The lowest BCUT2D eigenvalue weighted by Gasteiger charge is -2.17. The predicted octanol–water partition coefficient (Wildman–Crippen LogP) is 6.07. The van der Waals surface area contributed by atoms with E-state index in [9.17, 15) is 4.39 Å². The van der Waals surface area contributed by atoms with Gasteiger partial charge in [-0.2, -0.15) is 0 Å². The number of benzene rings is 2. The normalized spacial score (nSPS) is 12.3. The molecule has 100 valence electrons. The number of hydrogen-bond acceptors (Lipinski definition) is 1. The molecule has 0 bridgehead atoms. The molecule has 0 aliphatic heterocycles. The van der Waals surface area contributed by atoms with Gasteiger partial charge in [-0.05, 0) is 58.7 Å². The van der Waals surface area contributed by atoms with Crippen molar-refractivity contribution in [1.82, 2.24) is 0 Å². The van der Waals surface area contributed by atoms with E-state index in [0.29, 0.717) is 14.5 Å². The van der Waals surface area contributed by atoms with E-state index in [4.69, 9.17) is 23.2 Å². The lowest BCUT2D eigenvalue weighted by atomic mass is 10.1. The van der Waals surface area contributed by atoms with Crippen LogP contribution in [0.4, 0.5) is 10.1 Å². The van der Waals surface area contributed by atoms with Gasteiger partial charge in [0.05, 0.1) is 15.2 Å². The molecule has 5 heteroatoms. The predicted molar refractivity (Wildman–Crippen MR) is 82.6 cm³/mol. The van der Waals surface area contributed by atoms with Crippen LogP contribution in [0.15, 0.2) is 40.9 Å². The highest BCUT2D eigenvalue weighted by Crippen LogP contribution is 2.30. The van der Waals surface area contributed by atoms with Gasteiger partial charge in [0.15, 0.2) is 0 Å². The van der Waals surface area contributed by atoms with Crippen LogP contribution in [-0.2, 0) is 0 Å². The van der Waals surface area contributed by atoms with Gasteiger partial charge in [-0.1, -0.05) is 29.3 Å². The van der Waals surface area contributed by atoms with Crippen molar-refractivity contribution in [1.29, 1.82) is 0 Å². The van der Waals surface area contributed by atoms with E-state index in [0.717, 1.165) is 11.3 Å². The second-order valence-electron chi connectivity index (χ2n) is 4.16. The molecule has 2 rings (SSSR count). The van der Waals surface area contributed by atoms with Gasteiger partial charge in [0, 0.05) is 11.1 Å². The maximum absolute atomic E-state index is 13.2. The van der Waals surface area contributed by atoms with Crippen LogP contribution in [0, 0.1) is 5.82 Å². The van der Waals surface area contributed by atoms with Crippen molar-refractivity contribution in [2.24, 2.45) is 0 Å². The Hall–Kier alpha value is -0.770. The standard InChI is InChI=1S/C14H11BrCl2FN/c1-8(9-2-5-13(18)11(15)6-9)19-14-7-10(16)3-4-12(14)17/h2-8,19H,1H3. The molecule has 1 unspecified atom stereocenters.